The predicted octanol–water partition coefficient (Wildman–Crippen LogP) is 3.93. The summed E-state index contributed by atoms with van der Waals surface area (Å²) in [7, 11) is 0. The quantitative estimate of drug-likeness (QED) is 0.581. The molecule has 0 bridgehead atoms. The molecule has 2 heterocycles. The van der Waals surface area contributed by atoms with Crippen LogP contribution < -0.4 is 19.8 Å². The van der Waals surface area contributed by atoms with Crippen LogP contribution in [-0.2, 0) is 6.42 Å². The van der Waals surface area contributed by atoms with Crippen molar-refractivity contribution in [2.24, 2.45) is 0 Å². The van der Waals surface area contributed by atoms with Gasteiger partial charge in [-0.25, -0.2) is 0 Å². The van der Waals surface area contributed by atoms with Crippen molar-refractivity contribution in [2.75, 3.05) is 13.2 Å². The number of rotatable bonds is 5. The molecule has 0 saturated carbocycles. The van der Waals surface area contributed by atoms with Gasteiger partial charge in [0.2, 0.25) is 5.88 Å². The molecule has 0 fully saturated rings. The molecule has 6 heteroatoms. The minimum Gasteiger partial charge on any atom is -0.494 e. The highest BCUT2D eigenvalue weighted by Gasteiger charge is 2.25. The maximum Gasteiger partial charge on any atom is 0.258 e. The number of para-hydroxylation sites is 1. The monoisotopic (exact) mass is 364 g/mol. The summed E-state index contributed by atoms with van der Waals surface area (Å²) in [5, 5.41) is 0. The van der Waals surface area contributed by atoms with E-state index >= 15 is 0 Å². The first-order valence-electron chi connectivity index (χ1n) is 8.98. The molecule has 0 radical (unpaired) electrons. The van der Waals surface area contributed by atoms with E-state index in [1.165, 1.54) is 0 Å². The Bertz CT molecular complexity index is 1040. The summed E-state index contributed by atoms with van der Waals surface area (Å²) < 4.78 is 17.2. The molecule has 0 saturated heterocycles. The topological polar surface area (TPSA) is 73.4 Å². The Morgan fingerprint density at radius 2 is 1.93 bits per heavy atom. The number of H-pyrrole nitrogens is 1. The summed E-state index contributed by atoms with van der Waals surface area (Å²) in [6, 6.07) is 13.1. The third kappa shape index (κ3) is 3.26. The minimum absolute atomic E-state index is 0.204. The molecule has 1 aliphatic heterocycles. The van der Waals surface area contributed by atoms with Gasteiger partial charge in [0.15, 0.2) is 11.5 Å². The zero-order valence-electron chi connectivity index (χ0n) is 15.2. The number of fused-ring (bicyclic) bond motifs is 2. The van der Waals surface area contributed by atoms with E-state index in [0.717, 1.165) is 16.9 Å². The molecule has 138 valence electrons. The highest BCUT2D eigenvalue weighted by molar-refractivity contribution is 5.60. The average molecular weight is 364 g/mol. The van der Waals surface area contributed by atoms with Crippen LogP contribution in [0.2, 0.25) is 0 Å². The van der Waals surface area contributed by atoms with Crippen molar-refractivity contribution in [1.29, 1.82) is 0 Å². The third-order valence-electron chi connectivity index (χ3n) is 4.32. The van der Waals surface area contributed by atoms with Gasteiger partial charge in [0.25, 0.3) is 5.56 Å². The lowest BCUT2D eigenvalue weighted by Gasteiger charge is -2.21. The number of aromatic amines is 1. The van der Waals surface area contributed by atoms with Crippen molar-refractivity contribution in [2.45, 2.75) is 20.3 Å². The average Bonchev–Trinajstić information content (AvgIpc) is 2.68. The second-order valence-corrected chi connectivity index (χ2v) is 6.12. The summed E-state index contributed by atoms with van der Waals surface area (Å²) in [6.07, 6.45) is 0.452. The van der Waals surface area contributed by atoms with Gasteiger partial charge in [-0.3, -0.25) is 4.79 Å². The van der Waals surface area contributed by atoms with Crippen LogP contribution >= 0.6 is 0 Å². The van der Waals surface area contributed by atoms with E-state index in [0.29, 0.717) is 48.4 Å². The number of aromatic nitrogens is 2. The van der Waals surface area contributed by atoms with Gasteiger partial charge in [-0.05, 0) is 32.0 Å². The lowest BCUT2D eigenvalue weighted by Crippen LogP contribution is -2.20. The Labute approximate surface area is 156 Å². The fourth-order valence-electron chi connectivity index (χ4n) is 3.13. The van der Waals surface area contributed by atoms with Crippen LogP contribution in [0.25, 0.3) is 11.4 Å². The van der Waals surface area contributed by atoms with Gasteiger partial charge in [0, 0.05) is 17.5 Å². The largest absolute Gasteiger partial charge is 0.494 e. The van der Waals surface area contributed by atoms with Gasteiger partial charge < -0.3 is 19.2 Å². The van der Waals surface area contributed by atoms with Gasteiger partial charge in [-0.2, -0.15) is 4.98 Å². The van der Waals surface area contributed by atoms with E-state index in [9.17, 15) is 4.79 Å². The first kappa shape index (κ1) is 17.1. The normalized spacial score (nSPS) is 11.9. The minimum atomic E-state index is -0.204. The summed E-state index contributed by atoms with van der Waals surface area (Å²) in [6.45, 7) is 4.94. The maximum atomic E-state index is 12.7. The summed E-state index contributed by atoms with van der Waals surface area (Å²) in [5.74, 6) is 2.76. The van der Waals surface area contributed by atoms with E-state index in [1.807, 2.05) is 56.3 Å². The van der Waals surface area contributed by atoms with Crippen LogP contribution in [0.5, 0.6) is 23.1 Å². The lowest BCUT2D eigenvalue weighted by molar-refractivity contribution is 0.315. The van der Waals surface area contributed by atoms with Crippen molar-refractivity contribution in [3.8, 4) is 34.5 Å². The van der Waals surface area contributed by atoms with E-state index in [2.05, 4.69) is 9.97 Å². The first-order chi connectivity index (χ1) is 13.2. The molecule has 0 atom stereocenters. The summed E-state index contributed by atoms with van der Waals surface area (Å²) >= 11 is 0. The third-order valence-corrected chi connectivity index (χ3v) is 4.32. The molecule has 0 amide bonds. The van der Waals surface area contributed by atoms with Crippen molar-refractivity contribution in [3.05, 3.63) is 63.9 Å². The molecular weight excluding hydrogens is 344 g/mol. The Kier molecular flexibility index (Phi) is 4.54. The Hall–Kier alpha value is -3.28. The van der Waals surface area contributed by atoms with Crippen LogP contribution in [0, 0.1) is 0 Å². The van der Waals surface area contributed by atoms with Crippen molar-refractivity contribution in [3.63, 3.8) is 0 Å². The molecule has 0 unspecified atom stereocenters. The number of nitrogens with one attached hydrogen (secondary N) is 1. The fourth-order valence-corrected chi connectivity index (χ4v) is 3.13. The van der Waals surface area contributed by atoms with Gasteiger partial charge >= 0.3 is 0 Å². The van der Waals surface area contributed by atoms with Crippen molar-refractivity contribution in [1.82, 2.24) is 9.97 Å². The predicted molar refractivity (Wildman–Crippen MR) is 102 cm³/mol. The van der Waals surface area contributed by atoms with Crippen molar-refractivity contribution >= 4 is 0 Å². The van der Waals surface area contributed by atoms with E-state index in [1.54, 1.807) is 0 Å². The second kappa shape index (κ2) is 7.15. The van der Waals surface area contributed by atoms with Gasteiger partial charge in [0.05, 0.1) is 18.8 Å². The maximum absolute atomic E-state index is 12.7. The molecule has 3 aromatic rings. The van der Waals surface area contributed by atoms with Crippen LogP contribution in [0.4, 0.5) is 0 Å². The van der Waals surface area contributed by atoms with Gasteiger partial charge in [-0.1, -0.05) is 24.3 Å². The molecule has 6 nitrogen and oxygen atoms in total. The number of benzene rings is 2. The van der Waals surface area contributed by atoms with Crippen LogP contribution in [0.1, 0.15) is 25.0 Å². The second-order valence-electron chi connectivity index (χ2n) is 6.12. The first-order valence-corrected chi connectivity index (χ1v) is 8.98. The van der Waals surface area contributed by atoms with Crippen molar-refractivity contribution < 1.29 is 14.2 Å². The molecule has 0 spiro atoms. The van der Waals surface area contributed by atoms with Gasteiger partial charge in [-0.15, -0.1) is 0 Å². The van der Waals surface area contributed by atoms with Crippen LogP contribution in [0.3, 0.4) is 0 Å². The highest BCUT2D eigenvalue weighted by Crippen LogP contribution is 2.40. The molecule has 1 aromatic heterocycles. The smallest absolute Gasteiger partial charge is 0.258 e. The molecule has 0 aliphatic carbocycles. The highest BCUT2D eigenvalue weighted by atomic mass is 16.5. The summed E-state index contributed by atoms with van der Waals surface area (Å²) in [4.78, 5) is 20.1. The van der Waals surface area contributed by atoms with Crippen LogP contribution in [0.15, 0.2) is 47.3 Å². The van der Waals surface area contributed by atoms with Gasteiger partial charge in [0.1, 0.15) is 11.6 Å². The fraction of sp³-hybridized carbons (Fsp3) is 0.238. The zero-order valence-corrected chi connectivity index (χ0v) is 15.2. The standard InChI is InChI=1S/C21H20N2O4/c1-3-25-15-9-5-8-14(11-15)19-22-20(24)16-12-13-7-6-10-17(26-4-2)18(13)27-21(16)23-19/h5-11H,3-4,12H2,1-2H3,(H,22,23,24). The zero-order chi connectivity index (χ0) is 18.8. The Balaban J connectivity index is 1.76. The molecule has 4 rings (SSSR count). The van der Waals surface area contributed by atoms with Crippen LogP contribution in [-0.4, -0.2) is 23.2 Å². The number of hydrogen-bond donors (Lipinski definition) is 1. The SMILES string of the molecule is CCOc1cccc(-c2nc3c(c(=O)[nH]2)Cc2cccc(OCC)c2O3)c1. The number of hydrogen-bond acceptors (Lipinski definition) is 5. The van der Waals surface area contributed by atoms with E-state index in [4.69, 9.17) is 14.2 Å². The number of nitrogens with zero attached hydrogens (tertiary/aromatic N) is 1. The number of ether oxygens (including phenoxy) is 3. The molecule has 1 aliphatic rings. The molecule has 27 heavy (non-hydrogen) atoms. The van der Waals surface area contributed by atoms with E-state index < -0.39 is 0 Å². The van der Waals surface area contributed by atoms with E-state index in [-0.39, 0.29) is 5.56 Å². The molecule has 2 aromatic carbocycles. The lowest BCUT2D eigenvalue weighted by atomic mass is 10.0. The Morgan fingerprint density at radius 1 is 1.11 bits per heavy atom. The Morgan fingerprint density at radius 3 is 2.74 bits per heavy atom. The molecule has 1 N–H and O–H groups in total. The molecular formula is C21H20N2O4. The summed E-state index contributed by atoms with van der Waals surface area (Å²) in [5.41, 5.74) is 1.98.